The van der Waals surface area contributed by atoms with Gasteiger partial charge in [-0.25, -0.2) is 9.18 Å². The summed E-state index contributed by atoms with van der Waals surface area (Å²) in [6.07, 6.45) is 3.97. The summed E-state index contributed by atoms with van der Waals surface area (Å²) in [6, 6.07) is 3.27. The molecule has 0 unspecified atom stereocenters. The first-order valence-electron chi connectivity index (χ1n) is 7.00. The van der Waals surface area contributed by atoms with Crippen molar-refractivity contribution in [2.24, 2.45) is 11.8 Å². The van der Waals surface area contributed by atoms with Gasteiger partial charge in [0.25, 0.3) is 0 Å². The van der Waals surface area contributed by atoms with Gasteiger partial charge in [-0.05, 0) is 31.0 Å². The highest BCUT2D eigenvalue weighted by atomic mass is 19.1. The molecule has 0 heterocycles. The molecule has 0 saturated carbocycles. The van der Waals surface area contributed by atoms with Crippen LogP contribution in [0, 0.1) is 17.7 Å². The van der Waals surface area contributed by atoms with Crippen LogP contribution in [0.15, 0.2) is 30.4 Å². The Labute approximate surface area is 131 Å². The number of hydrogen-bond acceptors (Lipinski definition) is 4. The first kappa shape index (κ1) is 16.7. The van der Waals surface area contributed by atoms with Crippen molar-refractivity contribution in [2.45, 2.75) is 12.8 Å². The number of anilines is 1. The van der Waals surface area contributed by atoms with Gasteiger partial charge in [0.1, 0.15) is 5.82 Å². The number of carboxylic acids is 1. The Balaban J connectivity index is 2.26. The number of methoxy groups -OCH3 is 1. The molecule has 0 spiro atoms. The van der Waals surface area contributed by atoms with Crippen LogP contribution in [-0.4, -0.2) is 30.1 Å². The lowest BCUT2D eigenvalue weighted by molar-refractivity contribution is -0.146. The number of hydrogen-bond donors (Lipinski definition) is 2. The maximum atomic E-state index is 13.4. The molecule has 0 radical (unpaired) electrons. The van der Waals surface area contributed by atoms with E-state index in [1.54, 1.807) is 12.2 Å². The molecule has 0 fully saturated rings. The van der Waals surface area contributed by atoms with Crippen molar-refractivity contribution < 1.29 is 28.6 Å². The van der Waals surface area contributed by atoms with Gasteiger partial charge in [-0.2, -0.15) is 0 Å². The number of ether oxygens (including phenoxy) is 1. The van der Waals surface area contributed by atoms with Crippen LogP contribution < -0.4 is 5.32 Å². The van der Waals surface area contributed by atoms with Crippen LogP contribution in [0.25, 0.3) is 0 Å². The molecule has 2 atom stereocenters. The van der Waals surface area contributed by atoms with Crippen molar-refractivity contribution >= 4 is 23.5 Å². The average Bonchev–Trinajstić information content (AvgIpc) is 2.54. The van der Waals surface area contributed by atoms with Gasteiger partial charge in [0.2, 0.25) is 5.91 Å². The number of halogens is 1. The number of amides is 1. The minimum absolute atomic E-state index is 0.000441. The van der Waals surface area contributed by atoms with E-state index < -0.39 is 35.5 Å². The predicted molar refractivity (Wildman–Crippen MR) is 79.4 cm³/mol. The molecule has 1 aromatic carbocycles. The largest absolute Gasteiger partial charge is 0.481 e. The Morgan fingerprint density at radius 1 is 1.22 bits per heavy atom. The molecule has 122 valence electrons. The van der Waals surface area contributed by atoms with Gasteiger partial charge in [0, 0.05) is 0 Å². The predicted octanol–water partition coefficient (Wildman–Crippen LogP) is 2.22. The third-order valence-electron chi connectivity index (χ3n) is 3.73. The molecule has 0 bridgehead atoms. The first-order chi connectivity index (χ1) is 10.9. The summed E-state index contributed by atoms with van der Waals surface area (Å²) >= 11 is 0. The second kappa shape index (κ2) is 7.04. The van der Waals surface area contributed by atoms with E-state index in [0.29, 0.717) is 0 Å². The molecule has 0 saturated heterocycles. The Kier molecular flexibility index (Phi) is 5.10. The van der Waals surface area contributed by atoms with Crippen molar-refractivity contribution in [3.8, 4) is 0 Å². The second-order valence-corrected chi connectivity index (χ2v) is 5.16. The molecular weight excluding hydrogens is 305 g/mol. The van der Waals surface area contributed by atoms with Gasteiger partial charge in [-0.15, -0.1) is 0 Å². The average molecular weight is 321 g/mol. The molecule has 1 aliphatic rings. The van der Waals surface area contributed by atoms with Gasteiger partial charge < -0.3 is 15.2 Å². The maximum Gasteiger partial charge on any atom is 0.339 e. The smallest absolute Gasteiger partial charge is 0.339 e. The zero-order valence-corrected chi connectivity index (χ0v) is 12.4. The number of carbonyl (C=O) groups excluding carboxylic acids is 2. The monoisotopic (exact) mass is 321 g/mol. The summed E-state index contributed by atoms with van der Waals surface area (Å²) in [5.74, 6) is -4.63. The Morgan fingerprint density at radius 2 is 1.87 bits per heavy atom. The molecule has 2 rings (SSSR count). The topological polar surface area (TPSA) is 92.7 Å². The van der Waals surface area contributed by atoms with Gasteiger partial charge in [0.05, 0.1) is 30.2 Å². The minimum Gasteiger partial charge on any atom is -0.481 e. The third-order valence-corrected chi connectivity index (χ3v) is 3.73. The number of benzene rings is 1. The molecule has 2 N–H and O–H groups in total. The molecular formula is C16H16FNO5. The minimum atomic E-state index is -1.07. The molecule has 6 nitrogen and oxygen atoms in total. The lowest BCUT2D eigenvalue weighted by Crippen LogP contribution is -2.35. The Bertz CT molecular complexity index is 670. The quantitative estimate of drug-likeness (QED) is 0.655. The van der Waals surface area contributed by atoms with Gasteiger partial charge in [-0.1, -0.05) is 12.2 Å². The van der Waals surface area contributed by atoms with Crippen LogP contribution in [0.2, 0.25) is 0 Å². The molecule has 7 heteroatoms. The lowest BCUT2D eigenvalue weighted by Gasteiger charge is -2.24. The van der Waals surface area contributed by atoms with Gasteiger partial charge >= 0.3 is 11.9 Å². The van der Waals surface area contributed by atoms with Crippen LogP contribution in [-0.2, 0) is 14.3 Å². The van der Waals surface area contributed by atoms with Crippen molar-refractivity contribution in [3.05, 3.63) is 41.7 Å². The summed E-state index contributed by atoms with van der Waals surface area (Å²) in [6.45, 7) is 0. The van der Waals surface area contributed by atoms with Crippen molar-refractivity contribution in [2.75, 3.05) is 12.4 Å². The number of rotatable bonds is 4. The Morgan fingerprint density at radius 3 is 2.48 bits per heavy atom. The number of carboxylic acid groups (broad SMARTS) is 1. The summed E-state index contributed by atoms with van der Waals surface area (Å²) in [4.78, 5) is 35.3. The maximum absolute atomic E-state index is 13.4. The van der Waals surface area contributed by atoms with Crippen molar-refractivity contribution in [1.82, 2.24) is 0 Å². The number of carbonyl (C=O) groups is 3. The van der Waals surface area contributed by atoms with Crippen LogP contribution in [0.5, 0.6) is 0 Å². The molecule has 0 aromatic heterocycles. The highest BCUT2D eigenvalue weighted by Crippen LogP contribution is 2.28. The summed E-state index contributed by atoms with van der Waals surface area (Å²) in [5.41, 5.74) is -0.0407. The third kappa shape index (κ3) is 3.74. The Hall–Kier alpha value is -2.70. The van der Waals surface area contributed by atoms with E-state index in [0.717, 1.165) is 12.1 Å². The summed E-state index contributed by atoms with van der Waals surface area (Å²) in [7, 11) is 1.17. The van der Waals surface area contributed by atoms with E-state index in [1.165, 1.54) is 13.2 Å². The zero-order chi connectivity index (χ0) is 17.0. The standard InChI is InChI=1S/C16H16FNO5/c1-23-16(22)12-7-6-9(17)8-13(12)18-14(19)10-4-2-3-5-11(10)15(20)21/h2-3,6-8,10-11H,4-5H2,1H3,(H,18,19)(H,20,21)/t10-,11-/m1/s1. The van der Waals surface area contributed by atoms with Crippen LogP contribution >= 0.6 is 0 Å². The highest BCUT2D eigenvalue weighted by molar-refractivity contribution is 6.02. The van der Waals surface area contributed by atoms with E-state index in [1.807, 2.05) is 0 Å². The van der Waals surface area contributed by atoms with E-state index >= 15 is 0 Å². The number of nitrogens with one attached hydrogen (secondary N) is 1. The molecule has 23 heavy (non-hydrogen) atoms. The molecule has 1 aromatic rings. The molecule has 1 amide bonds. The second-order valence-electron chi connectivity index (χ2n) is 5.16. The van der Waals surface area contributed by atoms with E-state index in [9.17, 15) is 23.9 Å². The summed E-state index contributed by atoms with van der Waals surface area (Å²) in [5, 5.41) is 11.6. The van der Waals surface area contributed by atoms with Crippen LogP contribution in [0.4, 0.5) is 10.1 Å². The van der Waals surface area contributed by atoms with Crippen molar-refractivity contribution in [1.29, 1.82) is 0 Å². The van der Waals surface area contributed by atoms with E-state index in [4.69, 9.17) is 0 Å². The summed E-state index contributed by atoms with van der Waals surface area (Å²) < 4.78 is 18.0. The van der Waals surface area contributed by atoms with Gasteiger partial charge in [-0.3, -0.25) is 9.59 Å². The van der Waals surface area contributed by atoms with E-state index in [2.05, 4.69) is 10.1 Å². The van der Waals surface area contributed by atoms with Crippen LogP contribution in [0.3, 0.4) is 0 Å². The van der Waals surface area contributed by atoms with Gasteiger partial charge in [0.15, 0.2) is 0 Å². The lowest BCUT2D eigenvalue weighted by atomic mass is 9.82. The number of esters is 1. The van der Waals surface area contributed by atoms with Crippen molar-refractivity contribution in [3.63, 3.8) is 0 Å². The fourth-order valence-electron chi connectivity index (χ4n) is 2.51. The zero-order valence-electron chi connectivity index (χ0n) is 12.4. The fourth-order valence-corrected chi connectivity index (χ4v) is 2.51. The van der Waals surface area contributed by atoms with E-state index in [-0.39, 0.29) is 24.1 Å². The molecule has 1 aliphatic carbocycles. The first-order valence-corrected chi connectivity index (χ1v) is 7.00. The molecule has 0 aliphatic heterocycles. The number of allylic oxidation sites excluding steroid dienone is 2. The van der Waals surface area contributed by atoms with Crippen LogP contribution in [0.1, 0.15) is 23.2 Å². The normalized spacial score (nSPS) is 19.9. The SMILES string of the molecule is COC(=O)c1ccc(F)cc1NC(=O)[C@@H]1CC=CC[C@H]1C(=O)O. The number of aliphatic carboxylic acids is 1. The fraction of sp³-hybridized carbons (Fsp3) is 0.312. The highest BCUT2D eigenvalue weighted by Gasteiger charge is 2.34.